The molecule has 2 heterocycles. The first-order chi connectivity index (χ1) is 12.4. The monoisotopic (exact) mass is 348 g/mol. The lowest BCUT2D eigenvalue weighted by Crippen LogP contribution is -2.10. The zero-order valence-corrected chi connectivity index (χ0v) is 15.9. The van der Waals surface area contributed by atoms with Gasteiger partial charge in [0.05, 0.1) is 19.0 Å². The van der Waals surface area contributed by atoms with Gasteiger partial charge in [-0.25, -0.2) is 9.97 Å². The second-order valence-corrected chi connectivity index (χ2v) is 7.26. The number of nitrogens with zero attached hydrogens (tertiary/aromatic N) is 3. The summed E-state index contributed by atoms with van der Waals surface area (Å²) in [5.74, 6) is 1.48. The number of hydrogen-bond donors (Lipinski definition) is 1. The van der Waals surface area contributed by atoms with Crippen molar-refractivity contribution in [2.24, 2.45) is 0 Å². The Hall–Kier alpha value is -2.95. The highest BCUT2D eigenvalue weighted by molar-refractivity contribution is 5.70. The van der Waals surface area contributed by atoms with Crippen LogP contribution in [-0.2, 0) is 5.41 Å². The number of rotatable bonds is 4. The van der Waals surface area contributed by atoms with Gasteiger partial charge in [0, 0.05) is 23.0 Å². The number of pyridine rings is 1. The van der Waals surface area contributed by atoms with Crippen molar-refractivity contribution in [3.63, 3.8) is 0 Å². The van der Waals surface area contributed by atoms with Gasteiger partial charge in [-0.3, -0.25) is 4.98 Å². The van der Waals surface area contributed by atoms with Crippen LogP contribution in [0, 0.1) is 6.92 Å². The van der Waals surface area contributed by atoms with Gasteiger partial charge >= 0.3 is 0 Å². The van der Waals surface area contributed by atoms with Gasteiger partial charge in [-0.2, -0.15) is 0 Å². The minimum Gasteiger partial charge on any atom is -0.495 e. The molecular weight excluding hydrogens is 324 g/mol. The summed E-state index contributed by atoms with van der Waals surface area (Å²) < 4.78 is 5.26. The summed E-state index contributed by atoms with van der Waals surface area (Å²) in [6, 6.07) is 10.4. The van der Waals surface area contributed by atoms with Crippen LogP contribution in [0.5, 0.6) is 5.75 Å². The number of ether oxygens (including phenoxy) is 1. The van der Waals surface area contributed by atoms with E-state index in [1.54, 1.807) is 25.8 Å². The van der Waals surface area contributed by atoms with Crippen LogP contribution in [0.25, 0.3) is 11.3 Å². The topological polar surface area (TPSA) is 59.9 Å². The Balaban J connectivity index is 1.90. The summed E-state index contributed by atoms with van der Waals surface area (Å²) in [5, 5.41) is 3.39. The van der Waals surface area contributed by atoms with Gasteiger partial charge in [0.15, 0.2) is 0 Å². The van der Waals surface area contributed by atoms with Crippen LogP contribution in [0.4, 0.5) is 11.5 Å². The van der Waals surface area contributed by atoms with E-state index in [1.165, 1.54) is 5.56 Å². The number of hydrogen-bond acceptors (Lipinski definition) is 5. The van der Waals surface area contributed by atoms with Gasteiger partial charge in [0.2, 0.25) is 0 Å². The van der Waals surface area contributed by atoms with Crippen molar-refractivity contribution >= 4 is 11.5 Å². The molecule has 2 aromatic heterocycles. The Labute approximate surface area is 154 Å². The minimum absolute atomic E-state index is 0.135. The summed E-state index contributed by atoms with van der Waals surface area (Å²) in [5.41, 5.74) is 5.12. The van der Waals surface area contributed by atoms with Crippen LogP contribution >= 0.6 is 0 Å². The summed E-state index contributed by atoms with van der Waals surface area (Å²) in [4.78, 5) is 13.0. The standard InChI is InChI=1S/C21H24N4O/c1-14-19(15-10-18(26-5)12-22-11-15)23-13-24-20(14)25-17-8-6-16(7-9-17)21(2,3)4/h6-13H,1-5H3,(H,23,24,25). The molecule has 0 radical (unpaired) electrons. The maximum absolute atomic E-state index is 5.26. The van der Waals surface area contributed by atoms with E-state index in [9.17, 15) is 0 Å². The zero-order chi connectivity index (χ0) is 18.7. The lowest BCUT2D eigenvalue weighted by Gasteiger charge is -2.19. The molecule has 0 unspecified atom stereocenters. The average molecular weight is 348 g/mol. The minimum atomic E-state index is 0.135. The first-order valence-corrected chi connectivity index (χ1v) is 8.57. The number of methoxy groups -OCH3 is 1. The zero-order valence-electron chi connectivity index (χ0n) is 15.9. The van der Waals surface area contributed by atoms with Crippen molar-refractivity contribution in [3.8, 4) is 17.0 Å². The molecule has 0 bridgehead atoms. The highest BCUT2D eigenvalue weighted by Crippen LogP contribution is 2.29. The molecule has 1 N–H and O–H groups in total. The number of anilines is 2. The highest BCUT2D eigenvalue weighted by atomic mass is 16.5. The number of nitrogens with one attached hydrogen (secondary N) is 1. The predicted molar refractivity (Wildman–Crippen MR) is 105 cm³/mol. The summed E-state index contributed by atoms with van der Waals surface area (Å²) in [6.45, 7) is 8.62. The molecule has 0 aliphatic heterocycles. The van der Waals surface area contributed by atoms with Gasteiger partial charge in [-0.05, 0) is 36.1 Å². The van der Waals surface area contributed by atoms with Crippen LogP contribution in [-0.4, -0.2) is 22.1 Å². The van der Waals surface area contributed by atoms with Crippen LogP contribution in [0.1, 0.15) is 31.9 Å². The smallest absolute Gasteiger partial charge is 0.137 e. The summed E-state index contributed by atoms with van der Waals surface area (Å²) >= 11 is 0. The molecule has 3 rings (SSSR count). The molecule has 0 amide bonds. The molecule has 5 nitrogen and oxygen atoms in total. The quantitative estimate of drug-likeness (QED) is 0.727. The summed E-state index contributed by atoms with van der Waals surface area (Å²) in [6.07, 6.45) is 5.02. The van der Waals surface area contributed by atoms with E-state index in [0.717, 1.165) is 28.3 Å². The Morgan fingerprint density at radius 2 is 1.73 bits per heavy atom. The van der Waals surface area contributed by atoms with E-state index in [2.05, 4.69) is 65.3 Å². The van der Waals surface area contributed by atoms with Gasteiger partial charge in [-0.15, -0.1) is 0 Å². The largest absolute Gasteiger partial charge is 0.495 e. The highest BCUT2D eigenvalue weighted by Gasteiger charge is 2.14. The summed E-state index contributed by atoms with van der Waals surface area (Å²) in [7, 11) is 1.63. The molecule has 0 fully saturated rings. The van der Waals surface area contributed by atoms with Crippen molar-refractivity contribution in [2.75, 3.05) is 12.4 Å². The molecule has 0 saturated carbocycles. The third-order valence-electron chi connectivity index (χ3n) is 4.32. The molecule has 0 atom stereocenters. The van der Waals surface area contributed by atoms with Gasteiger partial charge in [0.1, 0.15) is 17.9 Å². The second-order valence-electron chi connectivity index (χ2n) is 7.26. The maximum atomic E-state index is 5.26. The SMILES string of the molecule is COc1cncc(-c2ncnc(Nc3ccc(C(C)(C)C)cc3)c2C)c1. The molecule has 0 spiro atoms. The predicted octanol–water partition coefficient (Wildman–Crippen LogP) is 4.90. The maximum Gasteiger partial charge on any atom is 0.137 e. The molecule has 0 aliphatic rings. The van der Waals surface area contributed by atoms with Gasteiger partial charge in [0.25, 0.3) is 0 Å². The van der Waals surface area contributed by atoms with Gasteiger partial charge < -0.3 is 10.1 Å². The molecule has 5 heteroatoms. The van der Waals surface area contributed by atoms with Crippen molar-refractivity contribution in [1.82, 2.24) is 15.0 Å². The van der Waals surface area contributed by atoms with Crippen molar-refractivity contribution in [1.29, 1.82) is 0 Å². The average Bonchev–Trinajstić information content (AvgIpc) is 2.63. The first kappa shape index (κ1) is 17.9. The van der Waals surface area contributed by atoms with E-state index in [1.807, 2.05) is 13.0 Å². The fourth-order valence-electron chi connectivity index (χ4n) is 2.72. The molecule has 1 aromatic carbocycles. The van der Waals surface area contributed by atoms with Crippen LogP contribution < -0.4 is 10.1 Å². The van der Waals surface area contributed by atoms with Crippen molar-refractivity contribution in [2.45, 2.75) is 33.1 Å². The Bertz CT molecular complexity index is 899. The third kappa shape index (κ3) is 3.82. The van der Waals surface area contributed by atoms with E-state index in [-0.39, 0.29) is 5.41 Å². The molecule has 3 aromatic rings. The van der Waals surface area contributed by atoms with E-state index >= 15 is 0 Å². The van der Waals surface area contributed by atoms with Crippen molar-refractivity contribution < 1.29 is 4.74 Å². The Morgan fingerprint density at radius 3 is 2.38 bits per heavy atom. The second kappa shape index (κ2) is 7.12. The lowest BCUT2D eigenvalue weighted by atomic mass is 9.87. The van der Waals surface area contributed by atoms with E-state index in [0.29, 0.717) is 5.75 Å². The fraction of sp³-hybridized carbons (Fsp3) is 0.286. The fourth-order valence-corrected chi connectivity index (χ4v) is 2.72. The van der Waals surface area contributed by atoms with Crippen molar-refractivity contribution in [3.05, 3.63) is 60.2 Å². The molecule has 0 aliphatic carbocycles. The van der Waals surface area contributed by atoms with Crippen LogP contribution in [0.3, 0.4) is 0 Å². The Morgan fingerprint density at radius 1 is 1.00 bits per heavy atom. The normalized spacial score (nSPS) is 11.3. The lowest BCUT2D eigenvalue weighted by molar-refractivity contribution is 0.413. The first-order valence-electron chi connectivity index (χ1n) is 8.57. The number of benzene rings is 1. The van der Waals surface area contributed by atoms with E-state index in [4.69, 9.17) is 4.74 Å². The van der Waals surface area contributed by atoms with E-state index < -0.39 is 0 Å². The Kier molecular flexibility index (Phi) is 4.89. The molecule has 134 valence electrons. The number of aromatic nitrogens is 3. The van der Waals surface area contributed by atoms with Crippen LogP contribution in [0.2, 0.25) is 0 Å². The molecular formula is C21H24N4O. The molecule has 0 saturated heterocycles. The van der Waals surface area contributed by atoms with Crippen LogP contribution in [0.15, 0.2) is 49.1 Å². The molecule has 26 heavy (non-hydrogen) atoms. The third-order valence-corrected chi connectivity index (χ3v) is 4.32. The van der Waals surface area contributed by atoms with Gasteiger partial charge in [-0.1, -0.05) is 32.9 Å².